The van der Waals surface area contributed by atoms with Crippen LogP contribution in [0.1, 0.15) is 18.1 Å². The van der Waals surface area contributed by atoms with E-state index >= 15 is 0 Å². The number of halogens is 9. The Kier molecular flexibility index (Phi) is 6.94. The van der Waals surface area contributed by atoms with Gasteiger partial charge in [-0.2, -0.15) is 0 Å². The zero-order chi connectivity index (χ0) is 16.7. The van der Waals surface area contributed by atoms with Gasteiger partial charge in [-0.25, -0.2) is 0 Å². The second-order valence-corrected chi connectivity index (χ2v) is 10.5. The molecule has 1 aromatic carbocycles. The Bertz CT molecular complexity index is 484. The summed E-state index contributed by atoms with van der Waals surface area (Å²) in [5.74, 6) is 0. The predicted molar refractivity (Wildman–Crippen MR) is 98.4 cm³/mol. The predicted octanol–water partition coefficient (Wildman–Crippen LogP) is 7.60. The minimum atomic E-state index is -2.28. The van der Waals surface area contributed by atoms with Gasteiger partial charge in [0.2, 0.25) is 8.13 Å². The molecule has 0 heterocycles. The van der Waals surface area contributed by atoms with Gasteiger partial charge in [-0.1, -0.05) is 136 Å². The van der Waals surface area contributed by atoms with Gasteiger partial charge in [-0.15, -0.1) is 0 Å². The first-order valence-corrected chi connectivity index (χ1v) is 8.98. The molecule has 1 aromatic rings. The molecule has 0 nitrogen and oxygen atoms in total. The molecule has 1 rings (SSSR count). The standard InChI is InChI=1S/C12H9Cl9/c1-2-7-3-5-8(6-4-7)9(13,14)10(15,16)11(17,18)12(19,20)21/h3-6H,2H2,1H3. The molecule has 9 heteroatoms. The molecule has 0 aliphatic carbocycles. The quantitative estimate of drug-likeness (QED) is 0.396. The molecular weight excluding hydrogens is 463 g/mol. The van der Waals surface area contributed by atoms with E-state index in [1.165, 1.54) is 0 Å². The number of aryl methyl sites for hydroxylation is 1. The number of benzene rings is 1. The van der Waals surface area contributed by atoms with Crippen LogP contribution in [0.15, 0.2) is 24.3 Å². The second-order valence-electron chi connectivity index (χ2n) is 4.27. The third kappa shape index (κ3) is 3.91. The first-order valence-electron chi connectivity index (χ1n) is 5.58. The number of rotatable bonds is 4. The van der Waals surface area contributed by atoms with Crippen LogP contribution in [0.5, 0.6) is 0 Å². The van der Waals surface area contributed by atoms with E-state index in [4.69, 9.17) is 104 Å². The molecule has 0 radical (unpaired) electrons. The van der Waals surface area contributed by atoms with Gasteiger partial charge in [0.05, 0.1) is 0 Å². The highest BCUT2D eigenvalue weighted by molar-refractivity contribution is 6.80. The lowest BCUT2D eigenvalue weighted by Crippen LogP contribution is -2.54. The van der Waals surface area contributed by atoms with Crippen molar-refractivity contribution >= 4 is 104 Å². The molecule has 21 heavy (non-hydrogen) atoms. The highest BCUT2D eigenvalue weighted by atomic mass is 35.6. The SMILES string of the molecule is CCc1ccc(C(Cl)(Cl)C(Cl)(Cl)C(Cl)(Cl)C(Cl)(Cl)Cl)cc1. The van der Waals surface area contributed by atoms with Crippen LogP contribution in [0.2, 0.25) is 0 Å². The smallest absolute Gasteiger partial charge is 0.0943 e. The molecule has 0 bridgehead atoms. The van der Waals surface area contributed by atoms with E-state index in [1.54, 1.807) is 12.1 Å². The lowest BCUT2D eigenvalue weighted by atomic mass is 10.0. The van der Waals surface area contributed by atoms with Crippen molar-refractivity contribution in [3.05, 3.63) is 35.4 Å². The summed E-state index contributed by atoms with van der Waals surface area (Å²) in [7, 11) is 0. The van der Waals surface area contributed by atoms with Crippen LogP contribution < -0.4 is 0 Å². The Morgan fingerprint density at radius 2 is 1.14 bits per heavy atom. The molecule has 0 atom stereocenters. The van der Waals surface area contributed by atoms with Crippen molar-refractivity contribution in [1.29, 1.82) is 0 Å². The van der Waals surface area contributed by atoms with Crippen molar-refractivity contribution in [2.75, 3.05) is 0 Å². The maximum Gasteiger partial charge on any atom is 0.226 e. The van der Waals surface area contributed by atoms with Crippen molar-refractivity contribution in [2.45, 2.75) is 30.1 Å². The Labute approximate surface area is 168 Å². The van der Waals surface area contributed by atoms with Crippen molar-refractivity contribution in [3.63, 3.8) is 0 Å². The van der Waals surface area contributed by atoms with Crippen LogP contribution in [0.4, 0.5) is 0 Å². The van der Waals surface area contributed by atoms with E-state index in [0.29, 0.717) is 5.56 Å². The lowest BCUT2D eigenvalue weighted by Gasteiger charge is -2.44. The average molecular weight is 472 g/mol. The molecular formula is C12H9Cl9. The van der Waals surface area contributed by atoms with E-state index in [-0.39, 0.29) is 0 Å². The van der Waals surface area contributed by atoms with E-state index in [1.807, 2.05) is 19.1 Å². The minimum absolute atomic E-state index is 0.368. The molecule has 0 saturated carbocycles. The first-order chi connectivity index (χ1) is 9.29. The molecule has 0 fully saturated rings. The molecule has 0 aliphatic rings. The van der Waals surface area contributed by atoms with Gasteiger partial charge < -0.3 is 0 Å². The van der Waals surface area contributed by atoms with Gasteiger partial charge in [0.1, 0.15) is 0 Å². The highest BCUT2D eigenvalue weighted by Crippen LogP contribution is 2.65. The molecule has 0 unspecified atom stereocenters. The van der Waals surface area contributed by atoms with Crippen molar-refractivity contribution < 1.29 is 0 Å². The first kappa shape index (κ1) is 20.9. The zero-order valence-electron chi connectivity index (χ0n) is 10.4. The summed E-state index contributed by atoms with van der Waals surface area (Å²) >= 11 is 54.2. The maximum absolute atomic E-state index is 6.30. The van der Waals surface area contributed by atoms with Gasteiger partial charge in [0, 0.05) is 0 Å². The van der Waals surface area contributed by atoms with Crippen LogP contribution in [0, 0.1) is 0 Å². The molecule has 0 amide bonds. The largest absolute Gasteiger partial charge is 0.226 e. The summed E-state index contributed by atoms with van der Waals surface area (Å²) in [5.41, 5.74) is 1.44. The summed E-state index contributed by atoms with van der Waals surface area (Å²) in [6, 6.07) is 6.94. The fourth-order valence-electron chi connectivity index (χ4n) is 1.51. The Morgan fingerprint density at radius 3 is 1.48 bits per heavy atom. The third-order valence-electron chi connectivity index (χ3n) is 2.87. The molecule has 0 aliphatic heterocycles. The summed E-state index contributed by atoms with van der Waals surface area (Å²) in [6.45, 7) is 2.00. The topological polar surface area (TPSA) is 0 Å². The van der Waals surface area contributed by atoms with Crippen LogP contribution >= 0.6 is 104 Å². The van der Waals surface area contributed by atoms with Gasteiger partial charge in [0.25, 0.3) is 0 Å². The normalized spacial score (nSPS) is 14.4. The number of hydrogen-bond acceptors (Lipinski definition) is 0. The van der Waals surface area contributed by atoms with E-state index < -0.39 is 16.8 Å². The molecule has 0 N–H and O–H groups in total. The van der Waals surface area contributed by atoms with Crippen LogP contribution in [-0.4, -0.2) is 12.5 Å². The fourth-order valence-corrected chi connectivity index (χ4v) is 3.74. The fraction of sp³-hybridized carbons (Fsp3) is 0.500. The Hall–Kier alpha value is 1.83. The van der Waals surface area contributed by atoms with Crippen LogP contribution in [0.25, 0.3) is 0 Å². The summed E-state index contributed by atoms with van der Waals surface area (Å²) in [4.78, 5) is 0. The van der Waals surface area contributed by atoms with E-state index in [2.05, 4.69) is 0 Å². The zero-order valence-corrected chi connectivity index (χ0v) is 17.2. The van der Waals surface area contributed by atoms with E-state index in [9.17, 15) is 0 Å². The van der Waals surface area contributed by atoms with E-state index in [0.717, 1.165) is 12.0 Å². The number of hydrogen-bond donors (Lipinski definition) is 0. The van der Waals surface area contributed by atoms with Crippen molar-refractivity contribution in [1.82, 2.24) is 0 Å². The molecule has 120 valence electrons. The maximum atomic E-state index is 6.30. The van der Waals surface area contributed by atoms with Gasteiger partial charge >= 0.3 is 0 Å². The van der Waals surface area contributed by atoms with Crippen LogP contribution in [0.3, 0.4) is 0 Å². The highest BCUT2D eigenvalue weighted by Gasteiger charge is 2.68. The van der Waals surface area contributed by atoms with Crippen LogP contribution in [-0.2, 0) is 10.8 Å². The summed E-state index contributed by atoms with van der Waals surface area (Å²) in [5, 5.41) is 0. The Morgan fingerprint density at radius 1 is 0.714 bits per heavy atom. The third-order valence-corrected chi connectivity index (χ3v) is 8.35. The van der Waals surface area contributed by atoms with Gasteiger partial charge in [-0.05, 0) is 17.5 Å². The lowest BCUT2D eigenvalue weighted by molar-refractivity contribution is 0.600. The van der Waals surface area contributed by atoms with Crippen molar-refractivity contribution in [3.8, 4) is 0 Å². The van der Waals surface area contributed by atoms with Gasteiger partial charge in [0.15, 0.2) is 8.67 Å². The minimum Gasteiger partial charge on any atom is -0.0943 e. The summed E-state index contributed by atoms with van der Waals surface area (Å²) in [6.07, 6.45) is 0.841. The van der Waals surface area contributed by atoms with Gasteiger partial charge in [-0.3, -0.25) is 0 Å². The molecule has 0 saturated heterocycles. The molecule has 0 aromatic heterocycles. The number of alkyl halides is 9. The van der Waals surface area contributed by atoms with Crippen molar-refractivity contribution in [2.24, 2.45) is 0 Å². The monoisotopic (exact) mass is 468 g/mol. The molecule has 0 spiro atoms. The Balaban J connectivity index is 3.32. The average Bonchev–Trinajstić information content (AvgIpc) is 2.37. The second kappa shape index (κ2) is 6.98. The summed E-state index contributed by atoms with van der Waals surface area (Å²) < 4.78 is -8.64.